The van der Waals surface area contributed by atoms with Crippen LogP contribution in [0.3, 0.4) is 0 Å². The Morgan fingerprint density at radius 2 is 1.08 bits per heavy atom. The van der Waals surface area contributed by atoms with E-state index in [-0.39, 0.29) is 43.1 Å². The molecule has 0 aliphatic heterocycles. The third-order valence-corrected chi connectivity index (χ3v) is 12.5. The van der Waals surface area contributed by atoms with Crippen molar-refractivity contribution in [2.75, 3.05) is 0 Å². The molecule has 1 N–H and O–H groups in total. The van der Waals surface area contributed by atoms with Gasteiger partial charge >= 0.3 is 0 Å². The van der Waals surface area contributed by atoms with Gasteiger partial charge in [-0.25, -0.2) is 4.98 Å². The molecule has 9 rings (SSSR count). The summed E-state index contributed by atoms with van der Waals surface area (Å²) in [6.07, 6.45) is 1.90. The van der Waals surface area contributed by atoms with E-state index in [1.54, 1.807) is 0 Å². The molecule has 2 heterocycles. The molecule has 0 unspecified atom stereocenters. The van der Waals surface area contributed by atoms with Crippen LogP contribution < -0.4 is 0 Å². The molecule has 9 aromatic rings. The van der Waals surface area contributed by atoms with Crippen molar-refractivity contribution in [1.29, 1.82) is 0 Å². The fraction of sp³-hybridized carbons (Fsp3) is 0.213. The number of hydrogen-bond acceptors (Lipinski definition) is 3. The number of phenolic OH excluding ortho intramolecular Hbond substituents is 1. The number of aryl methyl sites for hydroxylation is 1. The van der Waals surface area contributed by atoms with Gasteiger partial charge in [-0.05, 0) is 98.0 Å². The summed E-state index contributed by atoms with van der Waals surface area (Å²) in [6, 6.07) is 59.8. The molecule has 0 bridgehead atoms. The first-order valence-corrected chi connectivity index (χ1v) is 22.7. The molecule has 0 saturated carbocycles. The summed E-state index contributed by atoms with van der Waals surface area (Å²) in [5.41, 5.74) is 17.7. The van der Waals surface area contributed by atoms with E-state index in [2.05, 4.69) is 232 Å². The Hall–Kier alpha value is -6.35. The second-order valence-corrected chi connectivity index (χ2v) is 20.6. The van der Waals surface area contributed by atoms with Gasteiger partial charge in [0.2, 0.25) is 0 Å². The minimum absolute atomic E-state index is 0. The first-order chi connectivity index (χ1) is 30.9. The van der Waals surface area contributed by atoms with E-state index in [1.165, 1.54) is 16.7 Å². The normalized spacial score (nSPS) is 12.0. The van der Waals surface area contributed by atoms with Gasteiger partial charge in [0.1, 0.15) is 11.6 Å². The average molecular weight is 1040 g/mol. The van der Waals surface area contributed by atoms with Crippen LogP contribution >= 0.6 is 0 Å². The van der Waals surface area contributed by atoms with Gasteiger partial charge in [0, 0.05) is 44.2 Å². The Morgan fingerprint density at radius 1 is 0.500 bits per heavy atom. The van der Waals surface area contributed by atoms with Gasteiger partial charge in [0.05, 0.1) is 16.6 Å². The maximum absolute atomic E-state index is 12.4. The molecule has 0 aliphatic rings. The Kier molecular flexibility index (Phi) is 12.5. The average Bonchev–Trinajstić information content (AvgIpc) is 3.68. The molecular formula is C61H58N3OPt-. The predicted molar refractivity (Wildman–Crippen MR) is 273 cm³/mol. The zero-order valence-electron chi connectivity index (χ0n) is 39.7. The van der Waals surface area contributed by atoms with Crippen molar-refractivity contribution in [2.45, 2.75) is 85.5 Å². The van der Waals surface area contributed by atoms with Crippen LogP contribution in [0, 0.1) is 13.0 Å². The maximum Gasteiger partial charge on any atom is 0.148 e. The molecule has 0 spiro atoms. The summed E-state index contributed by atoms with van der Waals surface area (Å²) in [6.45, 7) is 22.1. The maximum atomic E-state index is 12.4. The van der Waals surface area contributed by atoms with Crippen LogP contribution in [-0.4, -0.2) is 19.6 Å². The number of imidazole rings is 1. The molecule has 0 saturated heterocycles. The summed E-state index contributed by atoms with van der Waals surface area (Å²) < 4.78 is 2.24. The van der Waals surface area contributed by atoms with Gasteiger partial charge < -0.3 is 5.11 Å². The Morgan fingerprint density at radius 3 is 1.70 bits per heavy atom. The van der Waals surface area contributed by atoms with Crippen molar-refractivity contribution in [2.24, 2.45) is 0 Å². The number of para-hydroxylation sites is 1. The standard InChI is InChI=1S/C61H58N3O.Pt/c1-39-30-45(41-20-15-12-16-21-41)35-50(31-39)64-55-23-17-22-51(56(55)63-58(64)52-37-49(60(5,6)7)38-53(57(52)65)61(8,9)10)46-32-47(34-48(33-46)59(2,3)4)54-36-44(28-29-62-54)43-26-24-42(25-27-43)40-18-13-11-14-19-40;/h11-31,33-38,65H,1-10H3;/q-1;. The number of nitrogens with zero attached hydrogens (tertiary/aromatic N) is 3. The van der Waals surface area contributed by atoms with Crippen LogP contribution in [-0.2, 0) is 37.3 Å². The molecule has 7 aromatic carbocycles. The number of benzene rings is 7. The minimum Gasteiger partial charge on any atom is -0.507 e. The minimum atomic E-state index is -0.318. The van der Waals surface area contributed by atoms with E-state index in [0.717, 1.165) is 78.0 Å². The molecule has 0 aliphatic carbocycles. The summed E-state index contributed by atoms with van der Waals surface area (Å²) >= 11 is 0. The molecule has 66 heavy (non-hydrogen) atoms. The van der Waals surface area contributed by atoms with E-state index in [1.807, 2.05) is 12.3 Å². The molecule has 2 aromatic heterocycles. The Bertz CT molecular complexity index is 3200. The number of aromatic hydroxyl groups is 1. The second-order valence-electron chi connectivity index (χ2n) is 20.6. The summed E-state index contributed by atoms with van der Waals surface area (Å²) in [5, 5.41) is 12.4. The molecule has 0 radical (unpaired) electrons. The van der Waals surface area contributed by atoms with Gasteiger partial charge in [-0.15, -0.1) is 29.3 Å². The number of phenols is 1. The van der Waals surface area contributed by atoms with Crippen molar-refractivity contribution >= 4 is 11.0 Å². The monoisotopic (exact) mass is 1040 g/mol. The molecular weight excluding hydrogens is 986 g/mol. The van der Waals surface area contributed by atoms with Crippen LogP contribution in [0.25, 0.3) is 83.9 Å². The van der Waals surface area contributed by atoms with Crippen LogP contribution in [0.2, 0.25) is 0 Å². The van der Waals surface area contributed by atoms with Gasteiger partial charge in [-0.2, -0.15) is 0 Å². The topological polar surface area (TPSA) is 50.9 Å². The fourth-order valence-corrected chi connectivity index (χ4v) is 8.79. The molecule has 5 heteroatoms. The van der Waals surface area contributed by atoms with Crippen molar-refractivity contribution in [1.82, 2.24) is 14.5 Å². The summed E-state index contributed by atoms with van der Waals surface area (Å²) in [5.74, 6) is 0.940. The smallest absolute Gasteiger partial charge is 0.148 e. The van der Waals surface area contributed by atoms with E-state index < -0.39 is 0 Å². The van der Waals surface area contributed by atoms with E-state index in [0.29, 0.717) is 11.4 Å². The van der Waals surface area contributed by atoms with E-state index in [4.69, 9.17) is 9.97 Å². The van der Waals surface area contributed by atoms with Crippen molar-refractivity contribution < 1.29 is 26.2 Å². The van der Waals surface area contributed by atoms with Crippen molar-refractivity contribution in [3.63, 3.8) is 0 Å². The molecule has 4 nitrogen and oxygen atoms in total. The number of hydrogen-bond donors (Lipinski definition) is 1. The van der Waals surface area contributed by atoms with Crippen LogP contribution in [0.15, 0.2) is 164 Å². The van der Waals surface area contributed by atoms with Gasteiger partial charge in [-0.1, -0.05) is 189 Å². The molecule has 0 fully saturated rings. The molecule has 334 valence electrons. The van der Waals surface area contributed by atoms with Gasteiger partial charge in [0.25, 0.3) is 0 Å². The van der Waals surface area contributed by atoms with Gasteiger partial charge in [-0.3, -0.25) is 9.55 Å². The fourth-order valence-electron chi connectivity index (χ4n) is 8.79. The SMILES string of the molecule is Cc1cc(-c2ccccc2)cc(-n2c(-c3cc(C(C)(C)C)cc(C(C)(C)C)c3O)nc3c(-c4[c-]c(-c5cc(-c6ccc(-c7ccccc7)cc6)ccn5)cc(C(C)(C)C)c4)cccc32)c1.[Pt]. The largest absolute Gasteiger partial charge is 0.507 e. The molecule has 0 atom stereocenters. The van der Waals surface area contributed by atoms with Crippen LogP contribution in [0.1, 0.15) is 84.6 Å². The van der Waals surface area contributed by atoms with E-state index >= 15 is 0 Å². The molecule has 0 amide bonds. The zero-order chi connectivity index (χ0) is 45.8. The third-order valence-electron chi connectivity index (χ3n) is 12.5. The van der Waals surface area contributed by atoms with Crippen LogP contribution in [0.4, 0.5) is 0 Å². The second kappa shape index (κ2) is 17.8. The number of fused-ring (bicyclic) bond motifs is 1. The first-order valence-electron chi connectivity index (χ1n) is 22.7. The summed E-state index contributed by atoms with van der Waals surface area (Å²) in [7, 11) is 0. The van der Waals surface area contributed by atoms with Crippen LogP contribution in [0.5, 0.6) is 5.75 Å². The number of pyridine rings is 1. The Balaban J connectivity index is 0.00000592. The summed E-state index contributed by atoms with van der Waals surface area (Å²) in [4.78, 5) is 10.6. The predicted octanol–water partition coefficient (Wildman–Crippen LogP) is 16.1. The number of rotatable bonds is 7. The Labute approximate surface area is 405 Å². The van der Waals surface area contributed by atoms with Crippen molar-refractivity contribution in [3.8, 4) is 78.6 Å². The zero-order valence-corrected chi connectivity index (χ0v) is 42.0. The van der Waals surface area contributed by atoms with Crippen molar-refractivity contribution in [3.05, 3.63) is 192 Å². The number of aromatic nitrogens is 3. The third kappa shape index (κ3) is 9.22. The quantitative estimate of drug-likeness (QED) is 0.162. The van der Waals surface area contributed by atoms with E-state index in [9.17, 15) is 5.11 Å². The van der Waals surface area contributed by atoms with Gasteiger partial charge in [0.15, 0.2) is 0 Å². The first kappa shape index (κ1) is 46.2.